The van der Waals surface area contributed by atoms with Crippen LogP contribution >= 0.6 is 0 Å². The Morgan fingerprint density at radius 2 is 1.90 bits per heavy atom. The van der Waals surface area contributed by atoms with Crippen molar-refractivity contribution in [1.29, 1.82) is 0 Å². The van der Waals surface area contributed by atoms with Crippen LogP contribution in [0.15, 0.2) is 6.07 Å². The molecule has 1 fully saturated rings. The van der Waals surface area contributed by atoms with Gasteiger partial charge in [-0.25, -0.2) is 0 Å². The highest BCUT2D eigenvalue weighted by Crippen LogP contribution is 2.40. The predicted octanol–water partition coefficient (Wildman–Crippen LogP) is 2.62. The summed E-state index contributed by atoms with van der Waals surface area (Å²) in [5.41, 5.74) is 2.89. The van der Waals surface area contributed by atoms with Gasteiger partial charge in [-0.1, -0.05) is 19.3 Å². The SMILES string of the molecule is O=C(NC1CCCCC1)c1c2c(cc3c1OCC3)OCC2. The van der Waals surface area contributed by atoms with E-state index in [2.05, 4.69) is 11.4 Å². The van der Waals surface area contributed by atoms with Crippen LogP contribution in [0.25, 0.3) is 0 Å². The molecule has 0 aromatic heterocycles. The number of hydrogen-bond acceptors (Lipinski definition) is 3. The van der Waals surface area contributed by atoms with E-state index < -0.39 is 0 Å². The van der Waals surface area contributed by atoms with Gasteiger partial charge in [-0.3, -0.25) is 4.79 Å². The summed E-state index contributed by atoms with van der Waals surface area (Å²) in [7, 11) is 0. The van der Waals surface area contributed by atoms with Crippen molar-refractivity contribution in [3.05, 3.63) is 22.8 Å². The van der Waals surface area contributed by atoms with Crippen molar-refractivity contribution in [1.82, 2.24) is 5.32 Å². The third kappa shape index (κ3) is 2.27. The molecule has 0 spiro atoms. The average molecular weight is 287 g/mol. The van der Waals surface area contributed by atoms with Crippen LogP contribution in [0.4, 0.5) is 0 Å². The maximum atomic E-state index is 12.8. The smallest absolute Gasteiger partial charge is 0.255 e. The number of ether oxygens (including phenoxy) is 2. The summed E-state index contributed by atoms with van der Waals surface area (Å²) in [6, 6.07) is 2.38. The maximum Gasteiger partial charge on any atom is 0.255 e. The lowest BCUT2D eigenvalue weighted by Crippen LogP contribution is -2.36. The largest absolute Gasteiger partial charge is 0.493 e. The quantitative estimate of drug-likeness (QED) is 0.909. The molecule has 0 saturated heterocycles. The van der Waals surface area contributed by atoms with Gasteiger partial charge in [0.2, 0.25) is 0 Å². The zero-order chi connectivity index (χ0) is 14.2. The second-order valence-corrected chi connectivity index (χ2v) is 6.22. The lowest BCUT2D eigenvalue weighted by Gasteiger charge is -2.23. The van der Waals surface area contributed by atoms with E-state index in [-0.39, 0.29) is 5.91 Å². The molecule has 3 aliphatic rings. The fourth-order valence-electron chi connectivity index (χ4n) is 3.73. The first kappa shape index (κ1) is 13.0. The molecule has 0 atom stereocenters. The van der Waals surface area contributed by atoms with Crippen molar-refractivity contribution >= 4 is 5.91 Å². The molecule has 112 valence electrons. The number of amides is 1. The molecule has 1 aromatic carbocycles. The van der Waals surface area contributed by atoms with Crippen LogP contribution in [0.2, 0.25) is 0 Å². The molecule has 4 nitrogen and oxygen atoms in total. The van der Waals surface area contributed by atoms with Gasteiger partial charge in [0.15, 0.2) is 0 Å². The number of hydrogen-bond donors (Lipinski definition) is 1. The Bertz CT molecular complexity index is 544. The van der Waals surface area contributed by atoms with Crippen molar-refractivity contribution in [3.8, 4) is 11.5 Å². The molecule has 21 heavy (non-hydrogen) atoms. The molecule has 2 heterocycles. The molecule has 0 unspecified atom stereocenters. The Labute approximate surface area is 124 Å². The Morgan fingerprint density at radius 1 is 1.10 bits per heavy atom. The first-order valence-corrected chi connectivity index (χ1v) is 8.08. The monoisotopic (exact) mass is 287 g/mol. The van der Waals surface area contributed by atoms with E-state index in [1.54, 1.807) is 0 Å². The molecule has 4 rings (SSSR count). The predicted molar refractivity (Wildman–Crippen MR) is 79.2 cm³/mol. The number of nitrogens with one attached hydrogen (secondary N) is 1. The van der Waals surface area contributed by atoms with E-state index in [9.17, 15) is 4.79 Å². The highest BCUT2D eigenvalue weighted by molar-refractivity contribution is 6.00. The van der Waals surface area contributed by atoms with Crippen LogP contribution in [0.5, 0.6) is 11.5 Å². The normalized spacial score (nSPS) is 20.4. The fourth-order valence-corrected chi connectivity index (χ4v) is 3.73. The molecule has 4 heteroatoms. The molecule has 1 aromatic rings. The number of carbonyl (C=O) groups excluding carboxylic acids is 1. The van der Waals surface area contributed by atoms with Crippen molar-refractivity contribution in [2.24, 2.45) is 0 Å². The Kier molecular flexibility index (Phi) is 3.24. The van der Waals surface area contributed by atoms with Gasteiger partial charge < -0.3 is 14.8 Å². The van der Waals surface area contributed by atoms with Crippen molar-refractivity contribution in [2.45, 2.75) is 51.0 Å². The number of carbonyl (C=O) groups is 1. The Hall–Kier alpha value is -1.71. The third-order valence-corrected chi connectivity index (χ3v) is 4.82. The van der Waals surface area contributed by atoms with Gasteiger partial charge in [-0.2, -0.15) is 0 Å². The minimum absolute atomic E-state index is 0.0300. The second kappa shape index (κ2) is 5.24. The lowest BCUT2D eigenvalue weighted by atomic mass is 9.94. The zero-order valence-corrected chi connectivity index (χ0v) is 12.2. The third-order valence-electron chi connectivity index (χ3n) is 4.82. The highest BCUT2D eigenvalue weighted by atomic mass is 16.5. The zero-order valence-electron chi connectivity index (χ0n) is 12.2. The Balaban J connectivity index is 1.66. The van der Waals surface area contributed by atoms with Gasteiger partial charge in [0.25, 0.3) is 5.91 Å². The van der Waals surface area contributed by atoms with Crippen LogP contribution < -0.4 is 14.8 Å². The molecule has 1 aliphatic carbocycles. The van der Waals surface area contributed by atoms with E-state index in [1.165, 1.54) is 19.3 Å². The molecule has 2 aliphatic heterocycles. The summed E-state index contributed by atoms with van der Waals surface area (Å²) in [4.78, 5) is 12.8. The van der Waals surface area contributed by atoms with E-state index >= 15 is 0 Å². The summed E-state index contributed by atoms with van der Waals surface area (Å²) < 4.78 is 11.4. The lowest BCUT2D eigenvalue weighted by molar-refractivity contribution is 0.0923. The second-order valence-electron chi connectivity index (χ2n) is 6.22. The Morgan fingerprint density at radius 3 is 2.76 bits per heavy atom. The van der Waals surface area contributed by atoms with E-state index in [0.29, 0.717) is 19.3 Å². The average Bonchev–Trinajstić information content (AvgIpc) is 3.13. The first-order valence-electron chi connectivity index (χ1n) is 8.08. The number of benzene rings is 1. The maximum absolute atomic E-state index is 12.8. The minimum Gasteiger partial charge on any atom is -0.493 e. The van der Waals surface area contributed by atoms with E-state index in [0.717, 1.165) is 53.9 Å². The van der Waals surface area contributed by atoms with Crippen molar-refractivity contribution < 1.29 is 14.3 Å². The molecule has 0 bridgehead atoms. The van der Waals surface area contributed by atoms with Gasteiger partial charge in [-0.15, -0.1) is 0 Å². The molecule has 1 saturated carbocycles. The number of rotatable bonds is 2. The van der Waals surface area contributed by atoms with Gasteiger partial charge >= 0.3 is 0 Å². The summed E-state index contributed by atoms with van der Waals surface area (Å²) in [6.07, 6.45) is 7.60. The van der Waals surface area contributed by atoms with Crippen molar-refractivity contribution in [3.63, 3.8) is 0 Å². The van der Waals surface area contributed by atoms with Crippen LogP contribution in [-0.2, 0) is 12.8 Å². The van der Waals surface area contributed by atoms with Gasteiger partial charge in [0.05, 0.1) is 18.8 Å². The van der Waals surface area contributed by atoms with Gasteiger partial charge in [0, 0.05) is 30.0 Å². The summed E-state index contributed by atoms with van der Waals surface area (Å²) in [5.74, 6) is 1.71. The van der Waals surface area contributed by atoms with Crippen LogP contribution in [-0.4, -0.2) is 25.2 Å². The van der Waals surface area contributed by atoms with Crippen LogP contribution in [0.3, 0.4) is 0 Å². The van der Waals surface area contributed by atoms with E-state index in [1.807, 2.05) is 0 Å². The summed E-state index contributed by atoms with van der Waals surface area (Å²) in [6.45, 7) is 1.34. The fraction of sp³-hybridized carbons (Fsp3) is 0.588. The minimum atomic E-state index is 0.0300. The van der Waals surface area contributed by atoms with Gasteiger partial charge in [-0.05, 0) is 18.9 Å². The molecule has 1 N–H and O–H groups in total. The summed E-state index contributed by atoms with van der Waals surface area (Å²) in [5, 5.41) is 3.22. The molecule has 1 amide bonds. The highest BCUT2D eigenvalue weighted by Gasteiger charge is 2.31. The van der Waals surface area contributed by atoms with Crippen LogP contribution in [0, 0.1) is 0 Å². The topological polar surface area (TPSA) is 47.6 Å². The van der Waals surface area contributed by atoms with Crippen LogP contribution in [0.1, 0.15) is 53.6 Å². The van der Waals surface area contributed by atoms with Gasteiger partial charge in [0.1, 0.15) is 11.5 Å². The molecular formula is C17H21NO3. The summed E-state index contributed by atoms with van der Waals surface area (Å²) >= 11 is 0. The standard InChI is InChI=1S/C17H21NO3/c19-17(18-12-4-2-1-3-5-12)15-13-7-9-20-14(13)10-11-6-8-21-16(11)15/h10,12H,1-9H2,(H,18,19). The molecule has 0 radical (unpaired) electrons. The first-order chi connectivity index (χ1) is 10.3. The molecular weight excluding hydrogens is 266 g/mol. The van der Waals surface area contributed by atoms with E-state index in [4.69, 9.17) is 9.47 Å². The number of fused-ring (bicyclic) bond motifs is 2. The van der Waals surface area contributed by atoms with Crippen molar-refractivity contribution in [2.75, 3.05) is 13.2 Å².